The lowest BCUT2D eigenvalue weighted by Crippen LogP contribution is -2.39. The number of rotatable bonds is 8. The predicted octanol–water partition coefficient (Wildman–Crippen LogP) is 2.10. The normalized spacial score (nSPS) is 32.4. The minimum absolute atomic E-state index is 0.250. The molecule has 1 saturated heterocycles. The fourth-order valence-corrected chi connectivity index (χ4v) is 3.25. The van der Waals surface area contributed by atoms with Crippen LogP contribution in [0.25, 0.3) is 0 Å². The molecule has 0 aromatic carbocycles. The molecule has 0 bridgehead atoms. The van der Waals surface area contributed by atoms with Gasteiger partial charge in [-0.2, -0.15) is 0 Å². The summed E-state index contributed by atoms with van der Waals surface area (Å²) >= 11 is 0. The van der Waals surface area contributed by atoms with Gasteiger partial charge in [-0.15, -0.1) is 0 Å². The average molecular weight is 285 g/mol. The molecule has 0 spiro atoms. The van der Waals surface area contributed by atoms with Gasteiger partial charge in [0.05, 0.1) is 25.4 Å². The van der Waals surface area contributed by atoms with Crippen LogP contribution in [-0.2, 0) is 9.47 Å². The summed E-state index contributed by atoms with van der Waals surface area (Å²) < 4.78 is 11.0. The average Bonchev–Trinajstić information content (AvgIpc) is 2.99. The molecule has 2 unspecified atom stereocenters. The predicted molar refractivity (Wildman–Crippen MR) is 79.8 cm³/mol. The van der Waals surface area contributed by atoms with Gasteiger partial charge in [0.25, 0.3) is 0 Å². The monoisotopic (exact) mass is 285 g/mol. The zero-order valence-electron chi connectivity index (χ0n) is 12.9. The van der Waals surface area contributed by atoms with Crippen LogP contribution in [-0.4, -0.2) is 49.7 Å². The second kappa shape index (κ2) is 8.98. The third kappa shape index (κ3) is 5.68. The smallest absolute Gasteiger partial charge is 0.0897 e. The molecule has 0 amide bonds. The van der Waals surface area contributed by atoms with Gasteiger partial charge in [0.2, 0.25) is 0 Å². The highest BCUT2D eigenvalue weighted by Crippen LogP contribution is 2.26. The summed E-state index contributed by atoms with van der Waals surface area (Å²) in [6.45, 7) is 4.83. The largest absolute Gasteiger partial charge is 0.389 e. The molecular formula is C16H31NO3. The van der Waals surface area contributed by atoms with Crippen LogP contribution in [0.2, 0.25) is 0 Å². The Labute approximate surface area is 123 Å². The highest BCUT2D eigenvalue weighted by molar-refractivity contribution is 4.77. The number of aliphatic hydroxyl groups is 1. The Morgan fingerprint density at radius 3 is 2.70 bits per heavy atom. The van der Waals surface area contributed by atoms with Crippen LogP contribution in [0.5, 0.6) is 0 Å². The van der Waals surface area contributed by atoms with E-state index < -0.39 is 6.10 Å². The first-order valence-electron chi connectivity index (χ1n) is 8.38. The van der Waals surface area contributed by atoms with Gasteiger partial charge in [-0.05, 0) is 44.4 Å². The number of aliphatic hydroxyl groups excluding tert-OH is 1. The van der Waals surface area contributed by atoms with Gasteiger partial charge < -0.3 is 19.9 Å². The van der Waals surface area contributed by atoms with Crippen LogP contribution >= 0.6 is 0 Å². The summed E-state index contributed by atoms with van der Waals surface area (Å²) in [5.74, 6) is 0.924. The van der Waals surface area contributed by atoms with Gasteiger partial charge in [-0.1, -0.05) is 13.3 Å². The Balaban J connectivity index is 1.48. The molecule has 2 fully saturated rings. The molecule has 4 heteroatoms. The van der Waals surface area contributed by atoms with Gasteiger partial charge in [0.1, 0.15) is 0 Å². The van der Waals surface area contributed by atoms with E-state index in [0.717, 1.165) is 25.4 Å². The van der Waals surface area contributed by atoms with Crippen LogP contribution in [0.3, 0.4) is 0 Å². The molecule has 1 aliphatic heterocycles. The van der Waals surface area contributed by atoms with Crippen molar-refractivity contribution in [3.8, 4) is 0 Å². The maximum Gasteiger partial charge on any atom is 0.0897 e. The lowest BCUT2D eigenvalue weighted by atomic mass is 9.84. The van der Waals surface area contributed by atoms with Crippen molar-refractivity contribution in [1.82, 2.24) is 5.32 Å². The first kappa shape index (κ1) is 16.2. The standard InChI is InChI=1S/C16H31NO3/c1-2-13-5-7-14(8-6-13)17-10-15(18)11-19-12-16-4-3-9-20-16/h13-18H,2-12H2,1H3. The Morgan fingerprint density at radius 2 is 2.05 bits per heavy atom. The minimum atomic E-state index is -0.402. The van der Waals surface area contributed by atoms with E-state index in [1.807, 2.05) is 0 Å². The molecule has 20 heavy (non-hydrogen) atoms. The molecule has 0 aromatic rings. The van der Waals surface area contributed by atoms with E-state index in [0.29, 0.717) is 25.8 Å². The zero-order chi connectivity index (χ0) is 14.2. The first-order valence-corrected chi connectivity index (χ1v) is 8.38. The van der Waals surface area contributed by atoms with Crippen molar-refractivity contribution in [1.29, 1.82) is 0 Å². The summed E-state index contributed by atoms with van der Waals surface area (Å²) in [6, 6.07) is 0.589. The van der Waals surface area contributed by atoms with E-state index in [4.69, 9.17) is 9.47 Å². The van der Waals surface area contributed by atoms with Crippen molar-refractivity contribution in [2.24, 2.45) is 5.92 Å². The van der Waals surface area contributed by atoms with Crippen molar-refractivity contribution >= 4 is 0 Å². The molecule has 0 radical (unpaired) electrons. The fraction of sp³-hybridized carbons (Fsp3) is 1.00. The van der Waals surface area contributed by atoms with Crippen LogP contribution < -0.4 is 5.32 Å². The zero-order valence-corrected chi connectivity index (χ0v) is 12.9. The van der Waals surface area contributed by atoms with E-state index in [1.54, 1.807) is 0 Å². The maximum absolute atomic E-state index is 9.92. The van der Waals surface area contributed by atoms with Crippen molar-refractivity contribution in [2.45, 2.75) is 70.1 Å². The molecule has 2 aliphatic rings. The van der Waals surface area contributed by atoms with Crippen LogP contribution in [0.1, 0.15) is 51.9 Å². The molecule has 1 saturated carbocycles. The maximum atomic E-state index is 9.92. The number of hydrogen-bond acceptors (Lipinski definition) is 4. The Kier molecular flexibility index (Phi) is 7.28. The van der Waals surface area contributed by atoms with Crippen molar-refractivity contribution in [2.75, 3.05) is 26.4 Å². The number of nitrogens with one attached hydrogen (secondary N) is 1. The summed E-state index contributed by atoms with van der Waals surface area (Å²) in [7, 11) is 0. The van der Waals surface area contributed by atoms with E-state index in [2.05, 4.69) is 12.2 Å². The Bertz CT molecular complexity index is 248. The van der Waals surface area contributed by atoms with Gasteiger partial charge in [-0.3, -0.25) is 0 Å². The second-order valence-electron chi connectivity index (χ2n) is 6.36. The fourth-order valence-electron chi connectivity index (χ4n) is 3.25. The van der Waals surface area contributed by atoms with E-state index in [1.165, 1.54) is 32.1 Å². The summed E-state index contributed by atoms with van der Waals surface area (Å²) in [5.41, 5.74) is 0. The topological polar surface area (TPSA) is 50.7 Å². The quantitative estimate of drug-likeness (QED) is 0.717. The van der Waals surface area contributed by atoms with E-state index >= 15 is 0 Å². The SMILES string of the molecule is CCC1CCC(NCC(O)COCC2CCCO2)CC1. The third-order valence-corrected chi connectivity index (χ3v) is 4.70. The Morgan fingerprint density at radius 1 is 1.25 bits per heavy atom. The minimum Gasteiger partial charge on any atom is -0.389 e. The molecule has 4 nitrogen and oxygen atoms in total. The molecule has 2 N–H and O–H groups in total. The molecule has 2 atom stereocenters. The lowest BCUT2D eigenvalue weighted by molar-refractivity contribution is -0.0172. The van der Waals surface area contributed by atoms with Gasteiger partial charge in [0.15, 0.2) is 0 Å². The Hall–Kier alpha value is -0.160. The highest BCUT2D eigenvalue weighted by Gasteiger charge is 2.20. The van der Waals surface area contributed by atoms with Crippen LogP contribution in [0.15, 0.2) is 0 Å². The van der Waals surface area contributed by atoms with Gasteiger partial charge >= 0.3 is 0 Å². The summed E-state index contributed by atoms with van der Waals surface area (Å²) in [5, 5.41) is 13.4. The molecule has 1 aliphatic carbocycles. The first-order chi connectivity index (χ1) is 9.78. The van der Waals surface area contributed by atoms with Crippen LogP contribution in [0.4, 0.5) is 0 Å². The number of ether oxygens (including phenoxy) is 2. The van der Waals surface area contributed by atoms with Gasteiger partial charge in [0, 0.05) is 19.2 Å². The molecule has 1 heterocycles. The molecule has 0 aromatic heterocycles. The lowest BCUT2D eigenvalue weighted by Gasteiger charge is -2.29. The van der Waals surface area contributed by atoms with E-state index in [-0.39, 0.29) is 6.10 Å². The molecule has 2 rings (SSSR count). The third-order valence-electron chi connectivity index (χ3n) is 4.70. The van der Waals surface area contributed by atoms with E-state index in [9.17, 15) is 5.11 Å². The highest BCUT2D eigenvalue weighted by atomic mass is 16.5. The summed E-state index contributed by atoms with van der Waals surface area (Å²) in [4.78, 5) is 0. The molecule has 118 valence electrons. The molecular weight excluding hydrogens is 254 g/mol. The summed E-state index contributed by atoms with van der Waals surface area (Å²) in [6.07, 6.45) is 8.56. The van der Waals surface area contributed by atoms with Crippen molar-refractivity contribution < 1.29 is 14.6 Å². The van der Waals surface area contributed by atoms with Gasteiger partial charge in [-0.25, -0.2) is 0 Å². The second-order valence-corrected chi connectivity index (χ2v) is 6.36. The van der Waals surface area contributed by atoms with Crippen LogP contribution in [0, 0.1) is 5.92 Å². The number of hydrogen-bond donors (Lipinski definition) is 2. The van der Waals surface area contributed by atoms with Crippen molar-refractivity contribution in [3.63, 3.8) is 0 Å². The van der Waals surface area contributed by atoms with Crippen molar-refractivity contribution in [3.05, 3.63) is 0 Å².